The number of hydrogen-bond acceptors (Lipinski definition) is 5. The summed E-state index contributed by atoms with van der Waals surface area (Å²) in [7, 11) is 0. The second-order valence-corrected chi connectivity index (χ2v) is 2.56. The lowest BCUT2D eigenvalue weighted by Gasteiger charge is -2.01. The minimum absolute atomic E-state index is 0.616. The molecule has 0 aliphatic heterocycles. The summed E-state index contributed by atoms with van der Waals surface area (Å²) in [5.74, 6) is -2.97. The number of aromatic carboxylic acids is 1. The Hall–Kier alpha value is -2.60. The topological polar surface area (TPSA) is 110 Å². The lowest BCUT2D eigenvalue weighted by Crippen LogP contribution is -2.03. The van der Waals surface area contributed by atoms with Gasteiger partial charge in [-0.15, -0.1) is 0 Å². The van der Waals surface area contributed by atoms with E-state index in [0.29, 0.717) is 6.07 Å². The highest BCUT2D eigenvalue weighted by atomic mass is 19.1. The van der Waals surface area contributed by atoms with Crippen LogP contribution in [0.3, 0.4) is 0 Å². The van der Waals surface area contributed by atoms with Gasteiger partial charge in [-0.1, -0.05) is 0 Å². The standard InChI is InChI=1S/C8H3FN2O5/c9-4-1-2-5(11(15)16)7(10-3-12)6(4)8(13)14/h1-2H,(H,13,14). The minimum atomic E-state index is -1.75. The number of carbonyl (C=O) groups excluding carboxylic acids is 1. The van der Waals surface area contributed by atoms with Crippen molar-refractivity contribution in [2.24, 2.45) is 4.99 Å². The number of hydrogen-bond donors (Lipinski definition) is 1. The van der Waals surface area contributed by atoms with Crippen LogP contribution in [0.25, 0.3) is 0 Å². The Morgan fingerprint density at radius 2 is 2.19 bits per heavy atom. The SMILES string of the molecule is O=C=Nc1c([N+](=O)[O-])ccc(F)c1C(=O)O. The number of isocyanates is 1. The van der Waals surface area contributed by atoms with Crippen molar-refractivity contribution < 1.29 is 24.0 Å². The molecule has 0 saturated heterocycles. The molecule has 1 N–H and O–H groups in total. The van der Waals surface area contributed by atoms with Crippen LogP contribution >= 0.6 is 0 Å². The van der Waals surface area contributed by atoms with Crippen LogP contribution in [0.1, 0.15) is 10.4 Å². The number of carbonyl (C=O) groups is 1. The van der Waals surface area contributed by atoms with E-state index in [4.69, 9.17) is 5.11 Å². The van der Waals surface area contributed by atoms with Crippen molar-refractivity contribution in [3.63, 3.8) is 0 Å². The summed E-state index contributed by atoms with van der Waals surface area (Å²) in [5.41, 5.74) is -2.66. The van der Waals surface area contributed by atoms with E-state index in [-0.39, 0.29) is 0 Å². The third-order valence-electron chi connectivity index (χ3n) is 1.67. The average Bonchev–Trinajstić information content (AvgIpc) is 2.17. The first-order valence-electron chi connectivity index (χ1n) is 3.77. The maximum absolute atomic E-state index is 13.1. The molecule has 82 valence electrons. The molecule has 0 bridgehead atoms. The molecule has 7 nitrogen and oxygen atoms in total. The van der Waals surface area contributed by atoms with Crippen molar-refractivity contribution in [1.29, 1.82) is 0 Å². The number of nitrogens with zero attached hydrogens (tertiary/aromatic N) is 2. The molecule has 0 unspecified atom stereocenters. The molecular formula is C8H3FN2O5. The monoisotopic (exact) mass is 226 g/mol. The fraction of sp³-hybridized carbons (Fsp3) is 0. The Labute approximate surface area is 87.0 Å². The lowest BCUT2D eigenvalue weighted by molar-refractivity contribution is -0.384. The van der Waals surface area contributed by atoms with Crippen LogP contribution in [0.4, 0.5) is 15.8 Å². The number of rotatable bonds is 3. The molecule has 0 saturated carbocycles. The van der Waals surface area contributed by atoms with E-state index >= 15 is 0 Å². The molecule has 0 amide bonds. The van der Waals surface area contributed by atoms with Gasteiger partial charge in [0, 0.05) is 6.07 Å². The molecule has 1 aromatic carbocycles. The Morgan fingerprint density at radius 1 is 1.56 bits per heavy atom. The van der Waals surface area contributed by atoms with Crippen molar-refractivity contribution in [1.82, 2.24) is 0 Å². The van der Waals surface area contributed by atoms with Gasteiger partial charge in [0.1, 0.15) is 11.4 Å². The molecule has 0 aromatic heterocycles. The molecule has 0 atom stereocenters. The van der Waals surface area contributed by atoms with Crippen molar-refractivity contribution in [3.05, 3.63) is 33.6 Å². The summed E-state index contributed by atoms with van der Waals surface area (Å²) in [6, 6.07) is 1.34. The van der Waals surface area contributed by atoms with E-state index in [1.807, 2.05) is 0 Å². The maximum Gasteiger partial charge on any atom is 0.341 e. The first-order valence-corrected chi connectivity index (χ1v) is 3.77. The van der Waals surface area contributed by atoms with Gasteiger partial charge in [-0.2, -0.15) is 4.99 Å². The second kappa shape index (κ2) is 4.28. The van der Waals surface area contributed by atoms with Gasteiger partial charge in [0.05, 0.1) is 4.92 Å². The number of benzene rings is 1. The molecule has 1 rings (SSSR count). The number of nitro groups is 1. The summed E-state index contributed by atoms with van der Waals surface area (Å²) < 4.78 is 13.1. The van der Waals surface area contributed by atoms with Crippen LogP contribution in [0.15, 0.2) is 17.1 Å². The van der Waals surface area contributed by atoms with Gasteiger partial charge in [-0.25, -0.2) is 14.0 Å². The number of halogens is 1. The Balaban J connectivity index is 3.69. The van der Waals surface area contributed by atoms with Gasteiger partial charge >= 0.3 is 5.97 Å². The number of carboxylic acids is 1. The van der Waals surface area contributed by atoms with Crippen LogP contribution in [-0.2, 0) is 4.79 Å². The summed E-state index contributed by atoms with van der Waals surface area (Å²) >= 11 is 0. The molecule has 0 aliphatic rings. The fourth-order valence-electron chi connectivity index (χ4n) is 1.07. The zero-order valence-corrected chi connectivity index (χ0v) is 7.51. The van der Waals surface area contributed by atoms with Crippen LogP contribution in [0.2, 0.25) is 0 Å². The highest BCUT2D eigenvalue weighted by molar-refractivity contribution is 5.96. The van der Waals surface area contributed by atoms with Crippen LogP contribution < -0.4 is 0 Å². The third-order valence-corrected chi connectivity index (χ3v) is 1.67. The highest BCUT2D eigenvalue weighted by Gasteiger charge is 2.25. The van der Waals surface area contributed by atoms with Crippen molar-refractivity contribution >= 4 is 23.4 Å². The van der Waals surface area contributed by atoms with Crippen molar-refractivity contribution in [2.75, 3.05) is 0 Å². The van der Waals surface area contributed by atoms with Gasteiger partial charge < -0.3 is 5.11 Å². The molecule has 0 radical (unpaired) electrons. The maximum atomic E-state index is 13.1. The van der Waals surface area contributed by atoms with Gasteiger partial charge in [0.25, 0.3) is 5.69 Å². The summed E-state index contributed by atoms with van der Waals surface area (Å²) in [6.07, 6.45) is 0.942. The summed E-state index contributed by atoms with van der Waals surface area (Å²) in [5, 5.41) is 19.1. The predicted octanol–water partition coefficient (Wildman–Crippen LogP) is 1.40. The van der Waals surface area contributed by atoms with Crippen molar-refractivity contribution in [2.45, 2.75) is 0 Å². The van der Waals surface area contributed by atoms with E-state index in [0.717, 1.165) is 12.1 Å². The third kappa shape index (κ3) is 1.91. The van der Waals surface area contributed by atoms with E-state index in [1.165, 1.54) is 0 Å². The van der Waals surface area contributed by atoms with E-state index in [9.17, 15) is 24.1 Å². The Kier molecular flexibility index (Phi) is 3.07. The first-order chi connectivity index (χ1) is 7.49. The molecule has 1 aromatic rings. The zero-order valence-electron chi connectivity index (χ0n) is 7.51. The predicted molar refractivity (Wildman–Crippen MR) is 47.8 cm³/mol. The zero-order chi connectivity index (χ0) is 12.3. The van der Waals surface area contributed by atoms with E-state index < -0.39 is 33.6 Å². The van der Waals surface area contributed by atoms with Crippen LogP contribution in [-0.4, -0.2) is 22.1 Å². The summed E-state index contributed by atoms with van der Waals surface area (Å²) in [4.78, 5) is 33.0. The summed E-state index contributed by atoms with van der Waals surface area (Å²) in [6.45, 7) is 0. The fourth-order valence-corrected chi connectivity index (χ4v) is 1.07. The first kappa shape index (κ1) is 11.5. The largest absolute Gasteiger partial charge is 0.478 e. The molecular weight excluding hydrogens is 223 g/mol. The molecule has 8 heteroatoms. The average molecular weight is 226 g/mol. The second-order valence-electron chi connectivity index (χ2n) is 2.56. The Morgan fingerprint density at radius 3 is 2.62 bits per heavy atom. The Bertz CT molecular complexity index is 521. The highest BCUT2D eigenvalue weighted by Crippen LogP contribution is 2.32. The van der Waals surface area contributed by atoms with E-state index in [1.54, 1.807) is 0 Å². The van der Waals surface area contributed by atoms with Gasteiger partial charge in [0.15, 0.2) is 5.69 Å². The van der Waals surface area contributed by atoms with Gasteiger partial charge in [0.2, 0.25) is 6.08 Å². The smallest absolute Gasteiger partial charge is 0.341 e. The van der Waals surface area contributed by atoms with Gasteiger partial charge in [-0.3, -0.25) is 10.1 Å². The van der Waals surface area contributed by atoms with Crippen molar-refractivity contribution in [3.8, 4) is 0 Å². The normalized spacial score (nSPS) is 9.31. The number of aliphatic imine (C=N–C) groups is 1. The lowest BCUT2D eigenvalue weighted by atomic mass is 10.1. The van der Waals surface area contributed by atoms with E-state index in [2.05, 4.69) is 4.99 Å². The minimum Gasteiger partial charge on any atom is -0.478 e. The quantitative estimate of drug-likeness (QED) is 0.362. The molecule has 0 fully saturated rings. The number of nitro benzene ring substituents is 1. The molecule has 0 aliphatic carbocycles. The van der Waals surface area contributed by atoms with Crippen LogP contribution in [0.5, 0.6) is 0 Å². The molecule has 0 spiro atoms. The van der Waals surface area contributed by atoms with Crippen LogP contribution in [0, 0.1) is 15.9 Å². The van der Waals surface area contributed by atoms with Gasteiger partial charge in [-0.05, 0) is 6.07 Å². The molecule has 16 heavy (non-hydrogen) atoms. The number of carboxylic acid groups (broad SMARTS) is 1. The molecule has 0 heterocycles.